The highest BCUT2D eigenvalue weighted by atomic mass is 16.3. The van der Waals surface area contributed by atoms with E-state index in [1.807, 2.05) is 6.07 Å². The van der Waals surface area contributed by atoms with Gasteiger partial charge in [0.1, 0.15) is 5.52 Å². The third-order valence-corrected chi connectivity index (χ3v) is 2.49. The van der Waals surface area contributed by atoms with Crippen molar-refractivity contribution in [3.8, 4) is 0 Å². The van der Waals surface area contributed by atoms with Crippen LogP contribution in [0, 0.1) is 6.92 Å². The molecule has 2 heteroatoms. The Labute approximate surface area is 76.6 Å². The van der Waals surface area contributed by atoms with E-state index in [9.17, 15) is 0 Å². The van der Waals surface area contributed by atoms with Gasteiger partial charge in [0, 0.05) is 5.92 Å². The van der Waals surface area contributed by atoms with Gasteiger partial charge in [0.05, 0.1) is 0 Å². The Morgan fingerprint density at radius 3 is 3.00 bits per heavy atom. The van der Waals surface area contributed by atoms with Crippen LogP contribution in [0.25, 0.3) is 11.1 Å². The van der Waals surface area contributed by atoms with Gasteiger partial charge < -0.3 is 4.42 Å². The van der Waals surface area contributed by atoms with Crippen LogP contribution in [-0.2, 0) is 0 Å². The van der Waals surface area contributed by atoms with Gasteiger partial charge in [0.25, 0.3) is 0 Å². The van der Waals surface area contributed by atoms with Crippen molar-refractivity contribution in [1.82, 2.24) is 4.98 Å². The Morgan fingerprint density at radius 1 is 1.38 bits per heavy atom. The third-order valence-electron chi connectivity index (χ3n) is 2.49. The van der Waals surface area contributed by atoms with Crippen molar-refractivity contribution in [2.24, 2.45) is 0 Å². The van der Waals surface area contributed by atoms with Crippen molar-refractivity contribution in [1.29, 1.82) is 0 Å². The van der Waals surface area contributed by atoms with Gasteiger partial charge in [0.2, 0.25) is 0 Å². The van der Waals surface area contributed by atoms with Gasteiger partial charge in [-0.05, 0) is 37.5 Å². The zero-order valence-electron chi connectivity index (χ0n) is 7.58. The van der Waals surface area contributed by atoms with Crippen molar-refractivity contribution >= 4 is 11.1 Å². The van der Waals surface area contributed by atoms with Crippen LogP contribution in [-0.4, -0.2) is 4.98 Å². The van der Waals surface area contributed by atoms with Crippen molar-refractivity contribution in [2.75, 3.05) is 0 Å². The molecular weight excluding hydrogens is 162 g/mol. The topological polar surface area (TPSA) is 26.0 Å². The molecule has 0 unspecified atom stereocenters. The van der Waals surface area contributed by atoms with Crippen LogP contribution in [0.5, 0.6) is 0 Å². The molecule has 1 aromatic carbocycles. The Hall–Kier alpha value is -1.31. The smallest absolute Gasteiger partial charge is 0.198 e. The third kappa shape index (κ3) is 1.13. The van der Waals surface area contributed by atoms with Gasteiger partial charge >= 0.3 is 0 Å². The highest BCUT2D eigenvalue weighted by molar-refractivity contribution is 5.73. The lowest BCUT2D eigenvalue weighted by Crippen LogP contribution is -1.75. The molecular formula is C11H11NO. The molecule has 2 aromatic rings. The molecule has 0 spiro atoms. The van der Waals surface area contributed by atoms with Gasteiger partial charge in [-0.2, -0.15) is 0 Å². The van der Waals surface area contributed by atoms with Crippen LogP contribution >= 0.6 is 0 Å². The SMILES string of the molecule is Cc1ccc2oc(C3CC3)nc2c1. The molecule has 1 heterocycles. The number of fused-ring (bicyclic) bond motifs is 1. The molecule has 1 aliphatic carbocycles. The maximum absolute atomic E-state index is 5.64. The number of nitrogens with zero attached hydrogens (tertiary/aromatic N) is 1. The maximum atomic E-state index is 5.64. The molecule has 3 rings (SSSR count). The van der Waals surface area contributed by atoms with E-state index in [1.165, 1.54) is 18.4 Å². The van der Waals surface area contributed by atoms with Gasteiger partial charge in [-0.15, -0.1) is 0 Å². The molecule has 1 aliphatic rings. The molecule has 0 radical (unpaired) electrons. The molecule has 66 valence electrons. The summed E-state index contributed by atoms with van der Waals surface area (Å²) >= 11 is 0. The number of hydrogen-bond donors (Lipinski definition) is 0. The fourth-order valence-electron chi connectivity index (χ4n) is 1.56. The van der Waals surface area contributed by atoms with E-state index in [0.29, 0.717) is 5.92 Å². The van der Waals surface area contributed by atoms with Crippen molar-refractivity contribution < 1.29 is 4.42 Å². The standard InChI is InChI=1S/C11H11NO/c1-7-2-5-10-9(6-7)12-11(13-10)8-3-4-8/h2,5-6,8H,3-4H2,1H3. The van der Waals surface area contributed by atoms with E-state index in [0.717, 1.165) is 17.0 Å². The quantitative estimate of drug-likeness (QED) is 0.662. The second-order valence-electron chi connectivity index (χ2n) is 3.80. The minimum absolute atomic E-state index is 0.604. The number of hydrogen-bond acceptors (Lipinski definition) is 2. The summed E-state index contributed by atoms with van der Waals surface area (Å²) in [6.07, 6.45) is 2.48. The predicted octanol–water partition coefficient (Wildman–Crippen LogP) is 3.01. The normalized spacial score (nSPS) is 16.7. The van der Waals surface area contributed by atoms with E-state index in [4.69, 9.17) is 4.42 Å². The lowest BCUT2D eigenvalue weighted by Gasteiger charge is -1.87. The van der Waals surface area contributed by atoms with E-state index in [2.05, 4.69) is 24.0 Å². The zero-order chi connectivity index (χ0) is 8.84. The molecule has 2 nitrogen and oxygen atoms in total. The molecule has 0 N–H and O–H groups in total. The molecule has 0 atom stereocenters. The van der Waals surface area contributed by atoms with Gasteiger partial charge in [-0.1, -0.05) is 6.07 Å². The van der Waals surface area contributed by atoms with E-state index >= 15 is 0 Å². The summed E-state index contributed by atoms with van der Waals surface area (Å²) in [5.41, 5.74) is 3.16. The summed E-state index contributed by atoms with van der Waals surface area (Å²) in [7, 11) is 0. The average molecular weight is 173 g/mol. The number of aryl methyl sites for hydroxylation is 1. The first kappa shape index (κ1) is 7.13. The van der Waals surface area contributed by atoms with Crippen LogP contribution in [0.1, 0.15) is 30.2 Å². The van der Waals surface area contributed by atoms with Crippen LogP contribution in [0.3, 0.4) is 0 Å². The second kappa shape index (κ2) is 2.34. The molecule has 0 amide bonds. The Balaban J connectivity index is 2.20. The average Bonchev–Trinajstić information content (AvgIpc) is 2.87. The van der Waals surface area contributed by atoms with Crippen LogP contribution in [0.4, 0.5) is 0 Å². The van der Waals surface area contributed by atoms with E-state index < -0.39 is 0 Å². The number of oxazole rings is 1. The van der Waals surface area contributed by atoms with Crippen molar-refractivity contribution in [3.63, 3.8) is 0 Å². The highest BCUT2D eigenvalue weighted by Crippen LogP contribution is 2.40. The van der Waals surface area contributed by atoms with Gasteiger partial charge in [-0.3, -0.25) is 0 Å². The molecule has 0 aliphatic heterocycles. The minimum Gasteiger partial charge on any atom is -0.440 e. The fraction of sp³-hybridized carbons (Fsp3) is 0.364. The van der Waals surface area contributed by atoms with Crippen LogP contribution in [0.15, 0.2) is 22.6 Å². The number of benzene rings is 1. The Bertz CT molecular complexity index is 454. The summed E-state index contributed by atoms with van der Waals surface area (Å²) in [6, 6.07) is 6.14. The lowest BCUT2D eigenvalue weighted by atomic mass is 10.2. The first-order chi connectivity index (χ1) is 6.33. The highest BCUT2D eigenvalue weighted by Gasteiger charge is 2.28. The summed E-state index contributed by atoms with van der Waals surface area (Å²) in [6.45, 7) is 2.07. The molecule has 1 aromatic heterocycles. The lowest BCUT2D eigenvalue weighted by molar-refractivity contribution is 0.533. The fourth-order valence-corrected chi connectivity index (χ4v) is 1.56. The minimum atomic E-state index is 0.604. The maximum Gasteiger partial charge on any atom is 0.198 e. The van der Waals surface area contributed by atoms with Gasteiger partial charge in [-0.25, -0.2) is 4.98 Å². The second-order valence-corrected chi connectivity index (χ2v) is 3.80. The zero-order valence-corrected chi connectivity index (χ0v) is 7.58. The first-order valence-corrected chi connectivity index (χ1v) is 4.70. The molecule has 13 heavy (non-hydrogen) atoms. The molecule has 1 saturated carbocycles. The predicted molar refractivity (Wildman–Crippen MR) is 50.7 cm³/mol. The van der Waals surface area contributed by atoms with Crippen molar-refractivity contribution in [2.45, 2.75) is 25.7 Å². The monoisotopic (exact) mass is 173 g/mol. The summed E-state index contributed by atoms with van der Waals surface area (Å²) < 4.78 is 5.64. The number of rotatable bonds is 1. The summed E-state index contributed by atoms with van der Waals surface area (Å²) in [5, 5.41) is 0. The Morgan fingerprint density at radius 2 is 2.23 bits per heavy atom. The molecule has 0 saturated heterocycles. The van der Waals surface area contributed by atoms with E-state index in [-0.39, 0.29) is 0 Å². The largest absolute Gasteiger partial charge is 0.440 e. The van der Waals surface area contributed by atoms with Crippen LogP contribution in [0.2, 0.25) is 0 Å². The number of aromatic nitrogens is 1. The molecule has 1 fully saturated rings. The molecule has 0 bridgehead atoms. The van der Waals surface area contributed by atoms with Crippen LogP contribution < -0.4 is 0 Å². The summed E-state index contributed by atoms with van der Waals surface area (Å²) in [4.78, 5) is 4.47. The van der Waals surface area contributed by atoms with Gasteiger partial charge in [0.15, 0.2) is 11.5 Å². The van der Waals surface area contributed by atoms with Crippen molar-refractivity contribution in [3.05, 3.63) is 29.7 Å². The van der Waals surface area contributed by atoms with E-state index in [1.54, 1.807) is 0 Å². The Kier molecular flexibility index (Phi) is 1.29. The first-order valence-electron chi connectivity index (χ1n) is 4.70. The summed E-state index contributed by atoms with van der Waals surface area (Å²) in [5.74, 6) is 1.54.